The fourth-order valence-corrected chi connectivity index (χ4v) is 5.21. The molecule has 10 nitrogen and oxygen atoms in total. The van der Waals surface area contributed by atoms with E-state index in [0.29, 0.717) is 54.2 Å². The maximum Gasteiger partial charge on any atom is 0.267 e. The zero-order valence-corrected chi connectivity index (χ0v) is 25.4. The van der Waals surface area contributed by atoms with Gasteiger partial charge in [0.05, 0.1) is 31.0 Å². The summed E-state index contributed by atoms with van der Waals surface area (Å²) >= 11 is 13.3. The number of hydrogen-bond donors (Lipinski definition) is 2. The maximum atomic E-state index is 13.6. The summed E-state index contributed by atoms with van der Waals surface area (Å²) in [5, 5.41) is 22.3. The van der Waals surface area contributed by atoms with E-state index in [2.05, 4.69) is 15.5 Å². The number of furan rings is 1. The second-order valence-corrected chi connectivity index (χ2v) is 11.0. The third kappa shape index (κ3) is 7.81. The summed E-state index contributed by atoms with van der Waals surface area (Å²) in [5.41, 5.74) is 1.70. The molecule has 1 aliphatic heterocycles. The number of phenolic OH excluding ortho intramolecular Hbond substituents is 1. The molecule has 2 N–H and O–H groups in total. The van der Waals surface area contributed by atoms with Crippen molar-refractivity contribution in [3.8, 4) is 17.2 Å². The average molecular weight is 652 g/mol. The predicted octanol–water partition coefficient (Wildman–Crippen LogP) is 6.82. The molecular weight excluding hydrogens is 627 g/mol. The number of rotatable bonds is 10. The Morgan fingerprint density at radius 2 is 1.86 bits per heavy atom. The van der Waals surface area contributed by atoms with Crippen molar-refractivity contribution < 1.29 is 28.6 Å². The van der Waals surface area contributed by atoms with E-state index < -0.39 is 0 Å². The first-order valence-corrected chi connectivity index (χ1v) is 14.6. The monoisotopic (exact) mass is 650 g/mol. The molecule has 0 atom stereocenters. The van der Waals surface area contributed by atoms with E-state index in [0.717, 1.165) is 11.8 Å². The number of carbonyl (C=O) groups is 2. The number of benzene rings is 3. The van der Waals surface area contributed by atoms with Gasteiger partial charge in [-0.15, -0.1) is 5.10 Å². The Morgan fingerprint density at radius 1 is 1.07 bits per heavy atom. The van der Waals surface area contributed by atoms with Crippen molar-refractivity contribution in [2.75, 3.05) is 19.0 Å². The van der Waals surface area contributed by atoms with E-state index in [9.17, 15) is 14.7 Å². The average Bonchev–Trinajstić information content (AvgIpc) is 3.63. The van der Waals surface area contributed by atoms with Crippen LogP contribution >= 0.6 is 35.0 Å². The number of carbonyl (C=O) groups excluding carboxylic acids is 2. The molecule has 0 spiro atoms. The number of anilines is 1. The highest BCUT2D eigenvalue weighted by Crippen LogP contribution is 2.36. The summed E-state index contributed by atoms with van der Waals surface area (Å²) in [4.78, 5) is 27.8. The van der Waals surface area contributed by atoms with Gasteiger partial charge in [-0.25, -0.2) is 0 Å². The minimum absolute atomic E-state index is 0.00106. The van der Waals surface area contributed by atoms with E-state index in [1.54, 1.807) is 72.8 Å². The zero-order chi connectivity index (χ0) is 31.1. The van der Waals surface area contributed by atoms with Crippen LogP contribution < -0.4 is 14.8 Å². The van der Waals surface area contributed by atoms with Crippen LogP contribution in [0.4, 0.5) is 5.69 Å². The number of aromatic hydroxyl groups is 1. The Labute approximate surface area is 266 Å². The van der Waals surface area contributed by atoms with Gasteiger partial charge in [0.2, 0.25) is 0 Å². The molecule has 2 amide bonds. The summed E-state index contributed by atoms with van der Waals surface area (Å²) in [6, 6.07) is 19.8. The fraction of sp³-hybridized carbons (Fsp3) is 0.0968. The van der Waals surface area contributed by atoms with Crippen LogP contribution in [0.5, 0.6) is 17.2 Å². The Balaban J connectivity index is 1.37. The number of halogens is 2. The fourth-order valence-electron chi connectivity index (χ4n) is 3.98. The van der Waals surface area contributed by atoms with Gasteiger partial charge in [-0.1, -0.05) is 23.2 Å². The van der Waals surface area contributed by atoms with E-state index >= 15 is 0 Å². The van der Waals surface area contributed by atoms with Crippen molar-refractivity contribution in [2.24, 2.45) is 10.2 Å². The highest BCUT2D eigenvalue weighted by Gasteiger charge is 2.34. The smallest absolute Gasteiger partial charge is 0.267 e. The standard InChI is InChI=1S/C31H24Cl2N4O6S/c1-41-27-13-19(4-10-25(27)38)16-34-36-31-37(17-24-3-2-12-42-24)30(40)28(44-31)15-20-14-22(33)7-11-26(20)43-18-29(39)35-23-8-5-21(32)6-9-23/h2-16,38H,17-18H2,1H3,(H,35,39)/b28-15-,34-16-,36-31+. The highest BCUT2D eigenvalue weighted by atomic mass is 35.5. The van der Waals surface area contributed by atoms with Gasteiger partial charge >= 0.3 is 0 Å². The van der Waals surface area contributed by atoms with Crippen molar-refractivity contribution in [2.45, 2.75) is 6.54 Å². The molecule has 1 aliphatic rings. The number of nitrogens with zero attached hydrogens (tertiary/aromatic N) is 3. The van der Waals surface area contributed by atoms with Crippen molar-refractivity contribution in [3.63, 3.8) is 0 Å². The molecule has 5 rings (SSSR count). The molecule has 0 unspecified atom stereocenters. The van der Waals surface area contributed by atoms with E-state index in [-0.39, 0.29) is 30.7 Å². The van der Waals surface area contributed by atoms with Crippen LogP contribution in [0.15, 0.2) is 98.6 Å². The third-order valence-electron chi connectivity index (χ3n) is 6.08. The van der Waals surface area contributed by atoms with Gasteiger partial charge in [-0.05, 0) is 96.2 Å². The van der Waals surface area contributed by atoms with Crippen LogP contribution in [-0.2, 0) is 16.1 Å². The molecule has 3 aromatic carbocycles. The van der Waals surface area contributed by atoms with Gasteiger partial charge in [-0.2, -0.15) is 5.10 Å². The third-order valence-corrected chi connectivity index (χ3v) is 7.57. The van der Waals surface area contributed by atoms with E-state index in [4.69, 9.17) is 37.1 Å². The second kappa shape index (κ2) is 14.2. The lowest BCUT2D eigenvalue weighted by Crippen LogP contribution is -2.28. The van der Waals surface area contributed by atoms with Crippen molar-refractivity contribution in [1.29, 1.82) is 0 Å². The molecule has 1 saturated heterocycles. The van der Waals surface area contributed by atoms with E-state index in [1.165, 1.54) is 30.6 Å². The summed E-state index contributed by atoms with van der Waals surface area (Å²) in [7, 11) is 1.45. The molecule has 0 radical (unpaired) electrons. The lowest BCUT2D eigenvalue weighted by molar-refractivity contribution is -0.122. The van der Waals surface area contributed by atoms with Crippen molar-refractivity contribution >= 4 is 69.9 Å². The number of ether oxygens (including phenoxy) is 2. The molecule has 1 aromatic heterocycles. The molecular formula is C31H24Cl2N4O6S. The van der Waals surface area contributed by atoms with Gasteiger partial charge < -0.3 is 24.3 Å². The van der Waals surface area contributed by atoms with Gasteiger partial charge in [-0.3, -0.25) is 14.5 Å². The van der Waals surface area contributed by atoms with Gasteiger partial charge in [0.15, 0.2) is 23.3 Å². The van der Waals surface area contributed by atoms with E-state index in [1.807, 2.05) is 0 Å². The second-order valence-electron chi connectivity index (χ2n) is 9.17. The first kappa shape index (κ1) is 30.7. The number of amides is 2. The van der Waals surface area contributed by atoms with Crippen molar-refractivity contribution in [1.82, 2.24) is 4.90 Å². The van der Waals surface area contributed by atoms with Crippen LogP contribution in [0.2, 0.25) is 10.0 Å². The number of phenols is 1. The van der Waals surface area contributed by atoms with Crippen LogP contribution in [-0.4, -0.2) is 46.9 Å². The largest absolute Gasteiger partial charge is 0.504 e. The molecule has 0 bridgehead atoms. The normalized spacial score (nSPS) is 15.0. The minimum atomic E-state index is -0.379. The maximum absolute atomic E-state index is 13.6. The van der Waals surface area contributed by atoms with Gasteiger partial charge in [0.1, 0.15) is 11.5 Å². The summed E-state index contributed by atoms with van der Waals surface area (Å²) in [6.45, 7) is -0.156. The predicted molar refractivity (Wildman–Crippen MR) is 172 cm³/mol. The number of thioether (sulfide) groups is 1. The number of methoxy groups -OCH3 is 1. The molecule has 44 heavy (non-hydrogen) atoms. The Kier molecular flexibility index (Phi) is 9.90. The minimum Gasteiger partial charge on any atom is -0.504 e. The quantitative estimate of drug-likeness (QED) is 0.109. The summed E-state index contributed by atoms with van der Waals surface area (Å²) in [6.07, 6.45) is 4.62. The van der Waals surface area contributed by atoms with Gasteiger partial charge in [0.25, 0.3) is 11.8 Å². The molecule has 1 fully saturated rings. The SMILES string of the molecule is COc1cc(/C=N\N=C2\S/C(=C\c3cc(Cl)ccc3OCC(=O)Nc3ccc(Cl)cc3)C(=O)N2Cc2ccco2)ccc1O. The molecule has 224 valence electrons. The topological polar surface area (TPSA) is 126 Å². The number of hydrogen-bond acceptors (Lipinski definition) is 9. The Bertz CT molecular complexity index is 1760. The summed E-state index contributed by atoms with van der Waals surface area (Å²) < 4.78 is 16.4. The Morgan fingerprint density at radius 3 is 2.61 bits per heavy atom. The van der Waals surface area contributed by atoms with Crippen LogP contribution in [0.1, 0.15) is 16.9 Å². The molecule has 4 aromatic rings. The van der Waals surface area contributed by atoms with Crippen LogP contribution in [0.3, 0.4) is 0 Å². The lowest BCUT2D eigenvalue weighted by atomic mass is 10.2. The lowest BCUT2D eigenvalue weighted by Gasteiger charge is -2.13. The van der Waals surface area contributed by atoms with Gasteiger partial charge in [0, 0.05) is 21.3 Å². The molecule has 13 heteroatoms. The first-order valence-electron chi connectivity index (χ1n) is 13.0. The van der Waals surface area contributed by atoms with Crippen LogP contribution in [0, 0.1) is 0 Å². The molecule has 0 saturated carbocycles. The zero-order valence-electron chi connectivity index (χ0n) is 23.1. The van der Waals surface area contributed by atoms with Crippen LogP contribution in [0.25, 0.3) is 6.08 Å². The van der Waals surface area contributed by atoms with Crippen molar-refractivity contribution in [3.05, 3.63) is 111 Å². The molecule has 2 heterocycles. The summed E-state index contributed by atoms with van der Waals surface area (Å²) in [5.74, 6) is 0.480. The first-order chi connectivity index (χ1) is 21.3. The molecule has 0 aliphatic carbocycles. The number of nitrogens with one attached hydrogen (secondary N) is 1. The highest BCUT2D eigenvalue weighted by molar-refractivity contribution is 8.18. The Hall–Kier alpha value is -4.71. The number of amidine groups is 1.